The van der Waals surface area contributed by atoms with Crippen molar-refractivity contribution >= 4 is 23.2 Å². The maximum atomic E-state index is 12.3. The van der Waals surface area contributed by atoms with Gasteiger partial charge in [-0.15, -0.1) is 0 Å². The van der Waals surface area contributed by atoms with Crippen LogP contribution in [0.5, 0.6) is 11.5 Å². The van der Waals surface area contributed by atoms with E-state index in [1.54, 1.807) is 49.6 Å². The van der Waals surface area contributed by atoms with Crippen LogP contribution in [-0.2, 0) is 11.4 Å². The lowest BCUT2D eigenvalue weighted by Crippen LogP contribution is -2.11. The van der Waals surface area contributed by atoms with Crippen molar-refractivity contribution in [2.75, 3.05) is 17.7 Å². The Morgan fingerprint density at radius 3 is 2.29 bits per heavy atom. The summed E-state index contributed by atoms with van der Waals surface area (Å²) in [5, 5.41) is 5.40. The second-order valence-corrected chi connectivity index (χ2v) is 5.95. The minimum atomic E-state index is -0.375. The highest BCUT2D eigenvalue weighted by Crippen LogP contribution is 2.21. The molecule has 0 saturated heterocycles. The number of benzene rings is 2. The van der Waals surface area contributed by atoms with Gasteiger partial charge in [-0.25, -0.2) is 0 Å². The molecular weight excluding hydrogens is 360 g/mol. The van der Waals surface area contributed by atoms with Gasteiger partial charge in [0, 0.05) is 24.4 Å². The largest absolute Gasteiger partial charge is 0.497 e. The van der Waals surface area contributed by atoms with E-state index in [0.717, 1.165) is 0 Å². The molecule has 7 nitrogen and oxygen atoms in total. The Labute approximate surface area is 162 Å². The summed E-state index contributed by atoms with van der Waals surface area (Å²) in [6, 6.07) is 17.3. The molecule has 0 bridgehead atoms. The molecule has 0 fully saturated rings. The van der Waals surface area contributed by atoms with Gasteiger partial charge >= 0.3 is 0 Å². The Kier molecular flexibility index (Phi) is 5.96. The highest BCUT2D eigenvalue weighted by Gasteiger charge is 2.12. The summed E-state index contributed by atoms with van der Waals surface area (Å²) in [4.78, 5) is 23.3. The zero-order valence-electron chi connectivity index (χ0n) is 15.5. The molecular formula is C21H20N2O5. The van der Waals surface area contributed by atoms with E-state index < -0.39 is 0 Å². The molecule has 3 aromatic rings. The fraction of sp³-hybridized carbons (Fsp3) is 0.143. The van der Waals surface area contributed by atoms with E-state index in [9.17, 15) is 9.59 Å². The van der Waals surface area contributed by atoms with Crippen molar-refractivity contribution in [2.24, 2.45) is 0 Å². The standard InChI is InChI=1S/C21H20N2O5/c1-14(24)22-15-6-8-16(9-7-15)23-21(25)20-11-10-19(28-20)13-27-18-5-3-4-17(12-18)26-2/h3-12H,13H2,1-2H3,(H,22,24)(H,23,25). The lowest BCUT2D eigenvalue weighted by Gasteiger charge is -2.06. The molecule has 28 heavy (non-hydrogen) atoms. The zero-order chi connectivity index (χ0) is 19.9. The number of ether oxygens (including phenoxy) is 2. The number of furan rings is 1. The lowest BCUT2D eigenvalue weighted by atomic mass is 10.2. The Morgan fingerprint density at radius 2 is 1.61 bits per heavy atom. The van der Waals surface area contributed by atoms with Crippen LogP contribution in [0.1, 0.15) is 23.2 Å². The SMILES string of the molecule is COc1cccc(OCc2ccc(C(=O)Nc3ccc(NC(C)=O)cc3)o2)c1. The van der Waals surface area contributed by atoms with Gasteiger partial charge in [0.2, 0.25) is 5.91 Å². The number of carbonyl (C=O) groups is 2. The van der Waals surface area contributed by atoms with Gasteiger partial charge in [-0.1, -0.05) is 6.07 Å². The Hall–Kier alpha value is -3.74. The van der Waals surface area contributed by atoms with Crippen LogP contribution in [0.2, 0.25) is 0 Å². The number of amides is 2. The second-order valence-electron chi connectivity index (χ2n) is 5.95. The number of anilines is 2. The van der Waals surface area contributed by atoms with Gasteiger partial charge in [-0.05, 0) is 48.5 Å². The van der Waals surface area contributed by atoms with Gasteiger partial charge in [0.15, 0.2) is 5.76 Å². The summed E-state index contributed by atoms with van der Waals surface area (Å²) in [7, 11) is 1.59. The van der Waals surface area contributed by atoms with Gasteiger partial charge in [-0.3, -0.25) is 9.59 Å². The molecule has 0 aliphatic heterocycles. The second kappa shape index (κ2) is 8.77. The average molecular weight is 380 g/mol. The van der Waals surface area contributed by atoms with Crippen molar-refractivity contribution in [2.45, 2.75) is 13.5 Å². The molecule has 144 valence electrons. The topological polar surface area (TPSA) is 89.8 Å². The molecule has 3 rings (SSSR count). The van der Waals surface area contributed by atoms with Crippen LogP contribution in [0, 0.1) is 0 Å². The van der Waals surface area contributed by atoms with Crippen molar-refractivity contribution in [1.82, 2.24) is 0 Å². The van der Waals surface area contributed by atoms with Gasteiger partial charge < -0.3 is 24.5 Å². The zero-order valence-corrected chi connectivity index (χ0v) is 15.5. The molecule has 0 radical (unpaired) electrons. The number of rotatable bonds is 7. The molecule has 7 heteroatoms. The maximum absolute atomic E-state index is 12.3. The van der Waals surface area contributed by atoms with Crippen LogP contribution >= 0.6 is 0 Å². The summed E-state index contributed by atoms with van der Waals surface area (Å²) in [5.41, 5.74) is 1.24. The summed E-state index contributed by atoms with van der Waals surface area (Å²) in [6.07, 6.45) is 0. The average Bonchev–Trinajstić information content (AvgIpc) is 3.17. The van der Waals surface area contributed by atoms with Gasteiger partial charge in [0.05, 0.1) is 7.11 Å². The fourth-order valence-corrected chi connectivity index (χ4v) is 2.46. The van der Waals surface area contributed by atoms with Crippen LogP contribution < -0.4 is 20.1 Å². The first kappa shape index (κ1) is 19.0. The lowest BCUT2D eigenvalue weighted by molar-refractivity contribution is -0.114. The van der Waals surface area contributed by atoms with E-state index in [0.29, 0.717) is 28.6 Å². The molecule has 0 aliphatic rings. The van der Waals surface area contributed by atoms with E-state index in [2.05, 4.69) is 10.6 Å². The fourth-order valence-electron chi connectivity index (χ4n) is 2.46. The predicted molar refractivity (Wildman–Crippen MR) is 105 cm³/mol. The van der Waals surface area contributed by atoms with Crippen molar-refractivity contribution in [3.63, 3.8) is 0 Å². The number of nitrogens with one attached hydrogen (secondary N) is 2. The van der Waals surface area contributed by atoms with E-state index >= 15 is 0 Å². The third kappa shape index (κ3) is 5.14. The van der Waals surface area contributed by atoms with Gasteiger partial charge in [0.25, 0.3) is 5.91 Å². The van der Waals surface area contributed by atoms with E-state index in [1.807, 2.05) is 18.2 Å². The molecule has 0 saturated carbocycles. The minimum absolute atomic E-state index is 0.156. The van der Waals surface area contributed by atoms with Crippen molar-refractivity contribution in [1.29, 1.82) is 0 Å². The van der Waals surface area contributed by atoms with Crippen molar-refractivity contribution in [3.05, 3.63) is 72.2 Å². The molecule has 0 spiro atoms. The quantitative estimate of drug-likeness (QED) is 0.645. The first-order chi connectivity index (χ1) is 13.5. The van der Waals surface area contributed by atoms with Gasteiger partial charge in [-0.2, -0.15) is 0 Å². The van der Waals surface area contributed by atoms with Gasteiger partial charge in [0.1, 0.15) is 23.9 Å². The first-order valence-electron chi connectivity index (χ1n) is 8.58. The minimum Gasteiger partial charge on any atom is -0.497 e. The summed E-state index contributed by atoms with van der Waals surface area (Å²) >= 11 is 0. The van der Waals surface area contributed by atoms with Crippen molar-refractivity contribution in [3.8, 4) is 11.5 Å². The molecule has 1 aromatic heterocycles. The predicted octanol–water partition coefficient (Wildman–Crippen LogP) is 4.08. The van der Waals surface area contributed by atoms with Crippen LogP contribution in [0.15, 0.2) is 65.1 Å². The molecule has 2 N–H and O–H groups in total. The molecule has 1 heterocycles. The first-order valence-corrected chi connectivity index (χ1v) is 8.58. The molecule has 0 atom stereocenters. The van der Waals surface area contributed by atoms with E-state index in [1.165, 1.54) is 6.92 Å². The van der Waals surface area contributed by atoms with Crippen LogP contribution in [0.3, 0.4) is 0 Å². The number of hydrogen-bond acceptors (Lipinski definition) is 5. The number of methoxy groups -OCH3 is 1. The molecule has 2 amide bonds. The number of hydrogen-bond donors (Lipinski definition) is 2. The van der Waals surface area contributed by atoms with Crippen LogP contribution in [0.4, 0.5) is 11.4 Å². The summed E-state index contributed by atoms with van der Waals surface area (Å²) in [6.45, 7) is 1.62. The van der Waals surface area contributed by atoms with E-state index in [4.69, 9.17) is 13.9 Å². The third-order valence-corrected chi connectivity index (χ3v) is 3.77. The molecule has 0 unspecified atom stereocenters. The molecule has 2 aromatic carbocycles. The monoisotopic (exact) mass is 380 g/mol. The molecule has 0 aliphatic carbocycles. The third-order valence-electron chi connectivity index (χ3n) is 3.77. The smallest absolute Gasteiger partial charge is 0.291 e. The summed E-state index contributed by atoms with van der Waals surface area (Å²) in [5.74, 6) is 1.50. The normalized spacial score (nSPS) is 10.2. The highest BCUT2D eigenvalue weighted by molar-refractivity contribution is 6.02. The Morgan fingerprint density at radius 1 is 0.929 bits per heavy atom. The highest BCUT2D eigenvalue weighted by atomic mass is 16.5. The van der Waals surface area contributed by atoms with Crippen molar-refractivity contribution < 1.29 is 23.5 Å². The Bertz CT molecular complexity index is 963. The maximum Gasteiger partial charge on any atom is 0.291 e. The van der Waals surface area contributed by atoms with Crippen LogP contribution in [-0.4, -0.2) is 18.9 Å². The summed E-state index contributed by atoms with van der Waals surface area (Å²) < 4.78 is 16.3. The number of carbonyl (C=O) groups excluding carboxylic acids is 2. The Balaban J connectivity index is 1.56. The van der Waals surface area contributed by atoms with E-state index in [-0.39, 0.29) is 24.2 Å². The van der Waals surface area contributed by atoms with Crippen LogP contribution in [0.25, 0.3) is 0 Å².